The van der Waals surface area contributed by atoms with Crippen molar-refractivity contribution >= 4 is 23.4 Å². The second-order valence-electron chi connectivity index (χ2n) is 8.54. The smallest absolute Gasteiger partial charge is 0.247 e. The minimum absolute atomic E-state index is 0.114. The monoisotopic (exact) mass is 485 g/mol. The number of nitrogens with zero attached hydrogens (tertiary/aromatic N) is 3. The number of aliphatic hydroxyl groups is 1. The largest absolute Gasteiger partial charge is 0.489 e. The van der Waals surface area contributed by atoms with E-state index in [1.807, 2.05) is 17.0 Å². The third-order valence-electron chi connectivity index (χ3n) is 6.00. The van der Waals surface area contributed by atoms with Gasteiger partial charge in [-0.2, -0.15) is 4.98 Å². The third-order valence-corrected chi connectivity index (χ3v) is 6.00. The van der Waals surface area contributed by atoms with E-state index < -0.39 is 29.6 Å². The quantitative estimate of drug-likeness (QED) is 0.461. The van der Waals surface area contributed by atoms with Gasteiger partial charge < -0.3 is 25.4 Å². The van der Waals surface area contributed by atoms with Gasteiger partial charge in [0.2, 0.25) is 11.9 Å². The number of fused-ring (bicyclic) bond motifs is 3. The topological polar surface area (TPSA) is 99.6 Å². The van der Waals surface area contributed by atoms with Crippen LogP contribution >= 0.6 is 0 Å². The third kappa shape index (κ3) is 4.59. The lowest BCUT2D eigenvalue weighted by Gasteiger charge is -2.32. The van der Waals surface area contributed by atoms with Gasteiger partial charge in [-0.1, -0.05) is 12.1 Å². The molecule has 0 aliphatic carbocycles. The Hall–Kier alpha value is -3.86. The van der Waals surface area contributed by atoms with Crippen molar-refractivity contribution in [1.29, 1.82) is 0 Å². The highest BCUT2D eigenvalue weighted by molar-refractivity contribution is 6.04. The highest BCUT2D eigenvalue weighted by Crippen LogP contribution is 2.37. The first kappa shape index (κ1) is 22.9. The normalized spacial score (nSPS) is 18.7. The molecule has 182 valence electrons. The Balaban J connectivity index is 1.23. The van der Waals surface area contributed by atoms with Crippen molar-refractivity contribution in [3.05, 3.63) is 70.7 Å². The van der Waals surface area contributed by atoms with Crippen molar-refractivity contribution < 1.29 is 27.8 Å². The minimum atomic E-state index is -1.51. The van der Waals surface area contributed by atoms with Gasteiger partial charge >= 0.3 is 0 Å². The maximum Gasteiger partial charge on any atom is 0.247 e. The molecule has 1 amide bonds. The number of hydrogen-bond donors (Lipinski definition) is 3. The van der Waals surface area contributed by atoms with Crippen LogP contribution in [0.5, 0.6) is 5.75 Å². The van der Waals surface area contributed by atoms with Gasteiger partial charge in [0.1, 0.15) is 24.1 Å². The number of aromatic nitrogens is 2. The van der Waals surface area contributed by atoms with E-state index in [-0.39, 0.29) is 18.1 Å². The summed E-state index contributed by atoms with van der Waals surface area (Å²) >= 11 is 0. The van der Waals surface area contributed by atoms with Gasteiger partial charge in [0.25, 0.3) is 0 Å². The van der Waals surface area contributed by atoms with Crippen LogP contribution in [-0.2, 0) is 17.9 Å². The lowest BCUT2D eigenvalue weighted by Crippen LogP contribution is -2.45. The number of aryl methyl sites for hydroxylation is 1. The molecule has 1 fully saturated rings. The molecule has 3 heterocycles. The number of hydrogen-bond acceptors (Lipinski definition) is 7. The van der Waals surface area contributed by atoms with Crippen LogP contribution in [-0.4, -0.2) is 39.7 Å². The molecule has 5 rings (SSSR count). The summed E-state index contributed by atoms with van der Waals surface area (Å²) in [6.07, 6.45) is -0.235. The molecule has 3 N–H and O–H groups in total. The molecule has 0 bridgehead atoms. The predicted octanol–water partition coefficient (Wildman–Crippen LogP) is 3.29. The molecule has 2 aromatic carbocycles. The second-order valence-corrected chi connectivity index (χ2v) is 8.54. The van der Waals surface area contributed by atoms with Crippen LogP contribution in [0.25, 0.3) is 0 Å². The van der Waals surface area contributed by atoms with Gasteiger partial charge in [-0.15, -0.1) is 0 Å². The van der Waals surface area contributed by atoms with E-state index in [4.69, 9.17) is 4.74 Å². The molecule has 1 saturated heterocycles. The average molecular weight is 485 g/mol. The SMILES string of the molecule is Cc1nc(NCc2ccc(OCc3cc(F)c(F)c(F)c3)cc2)nc2c1NC(=O)[C@@H]1C[C@@H](O)CN21. The highest BCUT2D eigenvalue weighted by atomic mass is 19.2. The van der Waals surface area contributed by atoms with Gasteiger partial charge in [0, 0.05) is 19.5 Å². The van der Waals surface area contributed by atoms with E-state index in [0.717, 1.165) is 17.7 Å². The van der Waals surface area contributed by atoms with E-state index >= 15 is 0 Å². The molecular formula is C24H22F3N5O3. The number of aliphatic hydroxyl groups excluding tert-OH is 1. The molecule has 8 nitrogen and oxygen atoms in total. The van der Waals surface area contributed by atoms with Crippen molar-refractivity contribution in [2.75, 3.05) is 22.1 Å². The van der Waals surface area contributed by atoms with Gasteiger partial charge in [-0.05, 0) is 42.3 Å². The lowest BCUT2D eigenvalue weighted by molar-refractivity contribution is -0.117. The van der Waals surface area contributed by atoms with Crippen LogP contribution in [0.15, 0.2) is 36.4 Å². The summed E-state index contributed by atoms with van der Waals surface area (Å²) in [5.74, 6) is -2.75. The number of halogens is 3. The number of carbonyl (C=O) groups excluding carboxylic acids is 1. The van der Waals surface area contributed by atoms with Crippen LogP contribution in [0.1, 0.15) is 23.2 Å². The molecule has 0 spiro atoms. The van der Waals surface area contributed by atoms with Crippen LogP contribution < -0.4 is 20.3 Å². The van der Waals surface area contributed by atoms with Gasteiger partial charge in [-0.3, -0.25) is 4.79 Å². The summed E-state index contributed by atoms with van der Waals surface area (Å²) in [5, 5.41) is 16.0. The fourth-order valence-electron chi connectivity index (χ4n) is 4.24. The molecule has 11 heteroatoms. The van der Waals surface area contributed by atoms with Crippen molar-refractivity contribution in [2.45, 2.75) is 38.6 Å². The van der Waals surface area contributed by atoms with Crippen LogP contribution in [0, 0.1) is 24.4 Å². The molecule has 2 aliphatic heterocycles. The number of amides is 1. The molecule has 0 radical (unpaired) electrons. The Labute approximate surface area is 198 Å². The fourth-order valence-corrected chi connectivity index (χ4v) is 4.24. The maximum absolute atomic E-state index is 13.3. The van der Waals surface area contributed by atoms with Crippen molar-refractivity contribution in [3.63, 3.8) is 0 Å². The number of benzene rings is 2. The molecule has 3 aromatic rings. The Morgan fingerprint density at radius 1 is 1.14 bits per heavy atom. The van der Waals surface area contributed by atoms with Gasteiger partial charge in [0.05, 0.1) is 11.8 Å². The van der Waals surface area contributed by atoms with Crippen molar-refractivity contribution in [3.8, 4) is 5.75 Å². The number of carbonyl (C=O) groups is 1. The molecule has 35 heavy (non-hydrogen) atoms. The lowest BCUT2D eigenvalue weighted by atomic mass is 10.1. The zero-order chi connectivity index (χ0) is 24.7. The predicted molar refractivity (Wildman–Crippen MR) is 122 cm³/mol. The standard InChI is InChI=1S/C24H22F3N5O3/c1-12-21-22(32-10-15(33)8-19(32)23(34)30-21)31-24(29-12)28-9-13-2-4-16(5-3-13)35-11-14-6-17(25)20(27)18(26)7-14/h2-7,15,19,33H,8-11H2,1H3,(H,30,34)(H,28,29,31)/t15-,19+/m1/s1. The van der Waals surface area contributed by atoms with Crippen LogP contribution in [0.3, 0.4) is 0 Å². The van der Waals surface area contributed by atoms with Gasteiger partial charge in [-0.25, -0.2) is 18.2 Å². The number of anilines is 3. The summed E-state index contributed by atoms with van der Waals surface area (Å²) in [5.41, 5.74) is 2.24. The van der Waals surface area contributed by atoms with E-state index in [2.05, 4.69) is 20.6 Å². The average Bonchev–Trinajstić information content (AvgIpc) is 3.24. The molecule has 2 atom stereocenters. The first-order valence-electron chi connectivity index (χ1n) is 11.0. The summed E-state index contributed by atoms with van der Waals surface area (Å²) in [7, 11) is 0. The molecule has 0 saturated carbocycles. The Kier molecular flexibility index (Phi) is 5.93. The fraction of sp³-hybridized carbons (Fsp3) is 0.292. The molecular weight excluding hydrogens is 463 g/mol. The van der Waals surface area contributed by atoms with Crippen molar-refractivity contribution in [2.24, 2.45) is 0 Å². The number of ether oxygens (including phenoxy) is 1. The zero-order valence-corrected chi connectivity index (χ0v) is 18.7. The Morgan fingerprint density at radius 3 is 2.57 bits per heavy atom. The second kappa shape index (κ2) is 9.06. The van der Waals surface area contributed by atoms with Gasteiger partial charge in [0.15, 0.2) is 23.3 Å². The van der Waals surface area contributed by atoms with Crippen LogP contribution in [0.4, 0.5) is 30.6 Å². The summed E-state index contributed by atoms with van der Waals surface area (Å²) in [6.45, 7) is 2.41. The van der Waals surface area contributed by atoms with E-state index in [1.54, 1.807) is 19.1 Å². The maximum atomic E-state index is 13.3. The molecule has 0 unspecified atom stereocenters. The zero-order valence-electron chi connectivity index (χ0n) is 18.7. The summed E-state index contributed by atoms with van der Waals surface area (Å²) in [4.78, 5) is 23.1. The van der Waals surface area contributed by atoms with E-state index in [1.165, 1.54) is 0 Å². The minimum Gasteiger partial charge on any atom is -0.489 e. The molecule has 1 aromatic heterocycles. The van der Waals surface area contributed by atoms with E-state index in [0.29, 0.717) is 48.4 Å². The van der Waals surface area contributed by atoms with Crippen LogP contribution in [0.2, 0.25) is 0 Å². The van der Waals surface area contributed by atoms with E-state index in [9.17, 15) is 23.1 Å². The molecule has 2 aliphatic rings. The Bertz CT molecular complexity index is 1270. The van der Waals surface area contributed by atoms with Crippen molar-refractivity contribution in [1.82, 2.24) is 9.97 Å². The number of nitrogens with one attached hydrogen (secondary N) is 2. The summed E-state index contributed by atoms with van der Waals surface area (Å²) in [6, 6.07) is 8.38. The summed E-state index contributed by atoms with van der Waals surface area (Å²) < 4.78 is 45.3. The first-order chi connectivity index (χ1) is 16.8. The highest BCUT2D eigenvalue weighted by Gasteiger charge is 2.42. The number of rotatable bonds is 6. The first-order valence-corrected chi connectivity index (χ1v) is 11.0. The Morgan fingerprint density at radius 2 is 1.86 bits per heavy atom.